The third-order valence-electron chi connectivity index (χ3n) is 3.36. The normalized spacial score (nSPS) is 16.7. The molecule has 0 atom stereocenters. The van der Waals surface area contributed by atoms with Gasteiger partial charge in [-0.2, -0.15) is 0 Å². The van der Waals surface area contributed by atoms with Crippen molar-refractivity contribution in [2.45, 2.75) is 13.8 Å². The third kappa shape index (κ3) is 3.70. The second-order valence-corrected chi connectivity index (χ2v) is 6.43. The first-order chi connectivity index (χ1) is 9.47. The number of nitrogens with zero attached hydrogens (tertiary/aromatic N) is 3. The number of pyridine rings is 1. The Balaban J connectivity index is 2.09. The summed E-state index contributed by atoms with van der Waals surface area (Å²) in [6.07, 6.45) is 1.66. The fourth-order valence-electron chi connectivity index (χ4n) is 2.50. The minimum Gasteiger partial charge on any atom is -0.478 e. The van der Waals surface area contributed by atoms with Crippen LogP contribution >= 0.6 is 15.9 Å². The molecule has 0 bridgehead atoms. The van der Waals surface area contributed by atoms with Crippen molar-refractivity contribution in [3.8, 4) is 0 Å². The summed E-state index contributed by atoms with van der Waals surface area (Å²) in [4.78, 5) is 20.1. The van der Waals surface area contributed by atoms with E-state index in [4.69, 9.17) is 0 Å². The fourth-order valence-corrected chi connectivity index (χ4v) is 2.83. The molecule has 1 aromatic heterocycles. The standard InChI is InChI=1S/C14H20BrN3O2/c1-10(2)9-17-3-5-18(6-4-17)13-12(14(19)20)7-11(15)8-16-13/h7-8,10H,3-6,9H2,1-2H3,(H,19,20). The number of halogens is 1. The average molecular weight is 342 g/mol. The average Bonchev–Trinajstić information content (AvgIpc) is 2.39. The van der Waals surface area contributed by atoms with Gasteiger partial charge in [0.15, 0.2) is 0 Å². The number of hydrogen-bond acceptors (Lipinski definition) is 4. The van der Waals surface area contributed by atoms with Gasteiger partial charge in [-0.25, -0.2) is 9.78 Å². The molecule has 2 rings (SSSR count). The van der Waals surface area contributed by atoms with E-state index >= 15 is 0 Å². The highest BCUT2D eigenvalue weighted by Gasteiger charge is 2.23. The SMILES string of the molecule is CC(C)CN1CCN(c2ncc(Br)cc2C(=O)O)CC1. The lowest BCUT2D eigenvalue weighted by Crippen LogP contribution is -2.48. The Morgan fingerprint density at radius 1 is 1.40 bits per heavy atom. The summed E-state index contributed by atoms with van der Waals surface area (Å²) >= 11 is 3.27. The molecule has 1 saturated heterocycles. The molecular formula is C14H20BrN3O2. The molecule has 1 fully saturated rings. The van der Waals surface area contributed by atoms with Crippen LogP contribution in [0, 0.1) is 5.92 Å². The van der Waals surface area contributed by atoms with E-state index in [9.17, 15) is 9.90 Å². The van der Waals surface area contributed by atoms with Crippen LogP contribution in [0.4, 0.5) is 5.82 Å². The number of aromatic nitrogens is 1. The Labute approximate surface area is 127 Å². The minimum absolute atomic E-state index is 0.261. The Morgan fingerprint density at radius 3 is 2.60 bits per heavy atom. The molecule has 110 valence electrons. The highest BCUT2D eigenvalue weighted by atomic mass is 79.9. The van der Waals surface area contributed by atoms with E-state index in [0.29, 0.717) is 16.2 Å². The number of carbonyl (C=O) groups is 1. The maximum atomic E-state index is 11.3. The molecule has 1 aliphatic rings. The van der Waals surface area contributed by atoms with Crippen molar-refractivity contribution in [1.29, 1.82) is 0 Å². The van der Waals surface area contributed by atoms with Crippen LogP contribution in [0.5, 0.6) is 0 Å². The zero-order valence-electron chi connectivity index (χ0n) is 11.8. The number of carboxylic acids is 1. The van der Waals surface area contributed by atoms with Crippen molar-refractivity contribution in [2.75, 3.05) is 37.6 Å². The van der Waals surface area contributed by atoms with Gasteiger partial charge >= 0.3 is 5.97 Å². The molecule has 0 spiro atoms. The van der Waals surface area contributed by atoms with Gasteiger partial charge in [-0.15, -0.1) is 0 Å². The summed E-state index contributed by atoms with van der Waals surface area (Å²) in [6.45, 7) is 9.07. The van der Waals surface area contributed by atoms with Gasteiger partial charge in [0.05, 0.1) is 0 Å². The van der Waals surface area contributed by atoms with Crippen molar-refractivity contribution >= 4 is 27.7 Å². The first-order valence-corrected chi connectivity index (χ1v) is 7.63. The molecule has 1 N–H and O–H groups in total. The summed E-state index contributed by atoms with van der Waals surface area (Å²) in [7, 11) is 0. The van der Waals surface area contributed by atoms with E-state index in [0.717, 1.165) is 32.7 Å². The smallest absolute Gasteiger partial charge is 0.339 e. The Kier molecular flexibility index (Phi) is 4.99. The van der Waals surface area contributed by atoms with Crippen LogP contribution in [-0.4, -0.2) is 53.7 Å². The minimum atomic E-state index is -0.932. The number of anilines is 1. The van der Waals surface area contributed by atoms with Crippen molar-refractivity contribution in [1.82, 2.24) is 9.88 Å². The van der Waals surface area contributed by atoms with Gasteiger partial charge in [0.2, 0.25) is 0 Å². The largest absolute Gasteiger partial charge is 0.478 e. The number of rotatable bonds is 4. The molecule has 0 amide bonds. The highest BCUT2D eigenvalue weighted by Crippen LogP contribution is 2.23. The zero-order valence-corrected chi connectivity index (χ0v) is 13.4. The summed E-state index contributed by atoms with van der Waals surface area (Å²) in [5.74, 6) is 0.297. The maximum absolute atomic E-state index is 11.3. The second kappa shape index (κ2) is 6.54. The van der Waals surface area contributed by atoms with Crippen molar-refractivity contribution < 1.29 is 9.90 Å². The van der Waals surface area contributed by atoms with E-state index in [1.165, 1.54) is 0 Å². The fraction of sp³-hybridized carbons (Fsp3) is 0.571. The van der Waals surface area contributed by atoms with Crippen molar-refractivity contribution in [3.63, 3.8) is 0 Å². The summed E-state index contributed by atoms with van der Waals surface area (Å²) in [6, 6.07) is 1.62. The summed E-state index contributed by atoms with van der Waals surface area (Å²) < 4.78 is 0.692. The number of hydrogen-bond donors (Lipinski definition) is 1. The quantitative estimate of drug-likeness (QED) is 0.910. The van der Waals surface area contributed by atoms with Crippen LogP contribution in [0.15, 0.2) is 16.7 Å². The van der Waals surface area contributed by atoms with Gasteiger partial charge in [0.1, 0.15) is 11.4 Å². The summed E-state index contributed by atoms with van der Waals surface area (Å²) in [5, 5.41) is 9.29. The van der Waals surface area contributed by atoms with Crippen molar-refractivity contribution in [3.05, 3.63) is 22.3 Å². The molecule has 0 saturated carbocycles. The van der Waals surface area contributed by atoms with Gasteiger partial charge < -0.3 is 10.0 Å². The molecular weight excluding hydrogens is 322 g/mol. The molecule has 2 heterocycles. The van der Waals surface area contributed by atoms with Crippen LogP contribution in [0.2, 0.25) is 0 Å². The lowest BCUT2D eigenvalue weighted by Gasteiger charge is -2.36. The first-order valence-electron chi connectivity index (χ1n) is 6.83. The zero-order chi connectivity index (χ0) is 14.7. The molecule has 0 aromatic carbocycles. The molecule has 1 aromatic rings. The highest BCUT2D eigenvalue weighted by molar-refractivity contribution is 9.10. The predicted octanol–water partition coefficient (Wildman–Crippen LogP) is 2.32. The van der Waals surface area contributed by atoms with Gasteiger partial charge in [0, 0.05) is 43.4 Å². The Morgan fingerprint density at radius 2 is 2.05 bits per heavy atom. The molecule has 0 aliphatic carbocycles. The van der Waals surface area contributed by atoms with E-state index in [1.807, 2.05) is 0 Å². The number of piperazine rings is 1. The van der Waals surface area contributed by atoms with Crippen LogP contribution in [0.25, 0.3) is 0 Å². The molecule has 20 heavy (non-hydrogen) atoms. The van der Waals surface area contributed by atoms with Crippen LogP contribution in [0.3, 0.4) is 0 Å². The molecule has 1 aliphatic heterocycles. The molecule has 0 radical (unpaired) electrons. The summed E-state index contributed by atoms with van der Waals surface area (Å²) in [5.41, 5.74) is 0.261. The van der Waals surface area contributed by atoms with E-state index < -0.39 is 5.97 Å². The van der Waals surface area contributed by atoms with Gasteiger partial charge in [-0.05, 0) is 27.9 Å². The molecule has 5 nitrogen and oxygen atoms in total. The van der Waals surface area contributed by atoms with E-state index in [1.54, 1.807) is 12.3 Å². The lowest BCUT2D eigenvalue weighted by molar-refractivity contribution is 0.0697. The first kappa shape index (κ1) is 15.3. The Bertz CT molecular complexity index is 485. The monoisotopic (exact) mass is 341 g/mol. The van der Waals surface area contributed by atoms with Gasteiger partial charge in [0.25, 0.3) is 0 Å². The molecule has 0 unspecified atom stereocenters. The van der Waals surface area contributed by atoms with E-state index in [2.05, 4.69) is 44.6 Å². The topological polar surface area (TPSA) is 56.7 Å². The van der Waals surface area contributed by atoms with Crippen LogP contribution in [0.1, 0.15) is 24.2 Å². The Hall–Kier alpha value is -1.14. The van der Waals surface area contributed by atoms with Crippen LogP contribution in [-0.2, 0) is 0 Å². The number of carboxylic acid groups (broad SMARTS) is 1. The molecule has 6 heteroatoms. The maximum Gasteiger partial charge on any atom is 0.339 e. The lowest BCUT2D eigenvalue weighted by atomic mass is 10.1. The predicted molar refractivity (Wildman–Crippen MR) is 82.4 cm³/mol. The second-order valence-electron chi connectivity index (χ2n) is 5.51. The third-order valence-corrected chi connectivity index (χ3v) is 3.79. The van der Waals surface area contributed by atoms with Gasteiger partial charge in [-0.3, -0.25) is 4.90 Å². The van der Waals surface area contributed by atoms with Crippen molar-refractivity contribution in [2.24, 2.45) is 5.92 Å². The van der Waals surface area contributed by atoms with E-state index in [-0.39, 0.29) is 5.56 Å². The number of aromatic carboxylic acids is 1. The van der Waals surface area contributed by atoms with Gasteiger partial charge in [-0.1, -0.05) is 13.8 Å². The van der Waals surface area contributed by atoms with Crippen LogP contribution < -0.4 is 4.90 Å².